The van der Waals surface area contributed by atoms with E-state index in [1.54, 1.807) is 18.2 Å². The van der Waals surface area contributed by atoms with Crippen LogP contribution in [0.3, 0.4) is 0 Å². The number of alkyl halides is 3. The number of rotatable bonds is 5. The number of hydrogen-bond donors (Lipinski definition) is 0. The van der Waals surface area contributed by atoms with Crippen LogP contribution in [0, 0.1) is 27.3 Å². The minimum absolute atomic E-state index is 0.143. The van der Waals surface area contributed by atoms with Crippen LogP contribution < -0.4 is 4.74 Å². The summed E-state index contributed by atoms with van der Waals surface area (Å²) in [4.78, 5) is 10.2. The first kappa shape index (κ1) is 21.5. The lowest BCUT2D eigenvalue weighted by atomic mass is 10.0. The molecule has 0 fully saturated rings. The summed E-state index contributed by atoms with van der Waals surface area (Å²) in [6.07, 6.45) is -3.21. The van der Waals surface area contributed by atoms with E-state index in [1.807, 2.05) is 6.07 Å². The molecule has 31 heavy (non-hydrogen) atoms. The highest BCUT2D eigenvalue weighted by Crippen LogP contribution is 2.37. The molecule has 0 unspecified atom stereocenters. The van der Waals surface area contributed by atoms with Crippen LogP contribution in [0.15, 0.2) is 66.7 Å². The van der Waals surface area contributed by atoms with Crippen LogP contribution in [-0.4, -0.2) is 4.92 Å². The molecule has 0 aliphatic carbocycles. The first-order chi connectivity index (χ1) is 14.7. The normalized spacial score (nSPS) is 11.6. The largest absolute Gasteiger partial charge is 0.450 e. The molecule has 0 saturated carbocycles. The topological polar surface area (TPSA) is 76.2 Å². The Morgan fingerprint density at radius 1 is 1.06 bits per heavy atom. The van der Waals surface area contributed by atoms with Gasteiger partial charge in [0, 0.05) is 6.07 Å². The minimum atomic E-state index is -4.72. The molecular weight excluding hydrogens is 416 g/mol. The third-order valence-electron chi connectivity index (χ3n) is 4.16. The monoisotopic (exact) mass is 428 g/mol. The summed E-state index contributed by atoms with van der Waals surface area (Å²) in [7, 11) is 0. The number of ether oxygens (including phenoxy) is 1. The molecule has 0 aromatic heterocycles. The van der Waals surface area contributed by atoms with Gasteiger partial charge in [0.2, 0.25) is 5.75 Å². The summed E-state index contributed by atoms with van der Waals surface area (Å²) in [6, 6.07) is 15.5. The van der Waals surface area contributed by atoms with Gasteiger partial charge in [-0.25, -0.2) is 4.39 Å². The Kier molecular flexibility index (Phi) is 6.02. The van der Waals surface area contributed by atoms with Crippen molar-refractivity contribution in [3.05, 3.63) is 99.4 Å². The number of nitro benzene ring substituents is 1. The van der Waals surface area contributed by atoms with Crippen molar-refractivity contribution in [3.8, 4) is 17.6 Å². The quantitative estimate of drug-likeness (QED) is 0.151. The zero-order valence-electron chi connectivity index (χ0n) is 15.6. The zero-order chi connectivity index (χ0) is 22.6. The molecule has 3 aromatic rings. The molecule has 0 bridgehead atoms. The Labute approximate surface area is 173 Å². The van der Waals surface area contributed by atoms with E-state index in [1.165, 1.54) is 36.4 Å². The van der Waals surface area contributed by atoms with Crippen LogP contribution >= 0.6 is 0 Å². The molecular formula is C22H12F4N2O3. The van der Waals surface area contributed by atoms with E-state index in [2.05, 4.69) is 0 Å². The maximum Gasteiger partial charge on any atom is 0.416 e. The third-order valence-corrected chi connectivity index (χ3v) is 4.16. The Morgan fingerprint density at radius 3 is 2.35 bits per heavy atom. The van der Waals surface area contributed by atoms with Crippen molar-refractivity contribution in [1.82, 2.24) is 0 Å². The van der Waals surface area contributed by atoms with Gasteiger partial charge in [-0.1, -0.05) is 24.3 Å². The molecule has 9 heteroatoms. The van der Waals surface area contributed by atoms with Gasteiger partial charge < -0.3 is 4.74 Å². The molecule has 3 rings (SSSR count). The van der Waals surface area contributed by atoms with E-state index in [0.29, 0.717) is 23.3 Å². The summed E-state index contributed by atoms with van der Waals surface area (Å²) in [5.74, 6) is -0.691. The van der Waals surface area contributed by atoms with Crippen molar-refractivity contribution in [1.29, 1.82) is 5.26 Å². The Bertz CT molecular complexity index is 1200. The van der Waals surface area contributed by atoms with Crippen LogP contribution in [0.4, 0.5) is 23.2 Å². The van der Waals surface area contributed by atoms with Crippen molar-refractivity contribution in [3.63, 3.8) is 0 Å². The Balaban J connectivity index is 1.86. The van der Waals surface area contributed by atoms with Crippen LogP contribution in [0.2, 0.25) is 0 Å². The molecule has 0 heterocycles. The van der Waals surface area contributed by atoms with Crippen molar-refractivity contribution in [2.45, 2.75) is 6.18 Å². The lowest BCUT2D eigenvalue weighted by molar-refractivity contribution is -0.385. The van der Waals surface area contributed by atoms with E-state index in [-0.39, 0.29) is 17.1 Å². The molecule has 0 aliphatic rings. The minimum Gasteiger partial charge on any atom is -0.450 e. The maximum absolute atomic E-state index is 13.4. The third kappa shape index (κ3) is 5.25. The van der Waals surface area contributed by atoms with Crippen LogP contribution in [0.1, 0.15) is 16.7 Å². The Hall–Kier alpha value is -4.19. The zero-order valence-corrected chi connectivity index (χ0v) is 15.6. The number of halogens is 4. The molecule has 0 N–H and O–H groups in total. The van der Waals surface area contributed by atoms with E-state index in [0.717, 1.165) is 6.07 Å². The summed E-state index contributed by atoms with van der Waals surface area (Å²) in [6.45, 7) is 0. The highest BCUT2D eigenvalue weighted by atomic mass is 19.4. The molecule has 3 aromatic carbocycles. The summed E-state index contributed by atoms with van der Waals surface area (Å²) >= 11 is 0. The van der Waals surface area contributed by atoms with E-state index >= 15 is 0 Å². The molecule has 0 saturated heterocycles. The highest BCUT2D eigenvalue weighted by Gasteiger charge is 2.33. The molecule has 0 amide bonds. The fraction of sp³-hybridized carbons (Fsp3) is 0.0455. The number of hydrogen-bond acceptors (Lipinski definition) is 4. The average molecular weight is 428 g/mol. The first-order valence-corrected chi connectivity index (χ1v) is 8.68. The Morgan fingerprint density at radius 2 is 1.77 bits per heavy atom. The second-order valence-corrected chi connectivity index (χ2v) is 6.29. The second kappa shape index (κ2) is 8.67. The van der Waals surface area contributed by atoms with Crippen LogP contribution in [-0.2, 0) is 6.18 Å². The van der Waals surface area contributed by atoms with Crippen molar-refractivity contribution in [2.75, 3.05) is 0 Å². The molecule has 0 atom stereocenters. The highest BCUT2D eigenvalue weighted by molar-refractivity contribution is 5.89. The standard InChI is InChI=1S/C22H12F4N2O3/c23-18-3-1-2-15(11-18)16(13-27)10-14-4-7-19(8-5-14)31-21-9-6-17(22(24,25)26)12-20(21)28(29)30/h1-12H/b16-10-. The van der Waals surface area contributed by atoms with Gasteiger partial charge in [0.15, 0.2) is 0 Å². The number of allylic oxidation sites excluding steroid dienone is 1. The number of nitriles is 1. The van der Waals surface area contributed by atoms with E-state index < -0.39 is 28.2 Å². The number of benzene rings is 3. The fourth-order valence-corrected chi connectivity index (χ4v) is 2.68. The van der Waals surface area contributed by atoms with Crippen molar-refractivity contribution < 1.29 is 27.2 Å². The molecule has 0 aliphatic heterocycles. The molecule has 0 radical (unpaired) electrons. The van der Waals surface area contributed by atoms with Gasteiger partial charge in [0.05, 0.1) is 22.1 Å². The first-order valence-electron chi connectivity index (χ1n) is 8.68. The van der Waals surface area contributed by atoms with Gasteiger partial charge in [-0.3, -0.25) is 10.1 Å². The maximum atomic E-state index is 13.4. The number of nitrogens with zero attached hydrogens (tertiary/aromatic N) is 2. The molecule has 0 spiro atoms. The van der Waals surface area contributed by atoms with Crippen LogP contribution in [0.5, 0.6) is 11.5 Å². The predicted octanol–water partition coefficient (Wildman–Crippen LogP) is 6.61. The van der Waals surface area contributed by atoms with E-state index in [4.69, 9.17) is 4.74 Å². The van der Waals surface area contributed by atoms with Crippen molar-refractivity contribution >= 4 is 17.3 Å². The van der Waals surface area contributed by atoms with Crippen molar-refractivity contribution in [2.24, 2.45) is 0 Å². The average Bonchev–Trinajstić information content (AvgIpc) is 2.72. The second-order valence-electron chi connectivity index (χ2n) is 6.29. The smallest absolute Gasteiger partial charge is 0.416 e. The lowest BCUT2D eigenvalue weighted by Crippen LogP contribution is -2.06. The summed E-state index contributed by atoms with van der Waals surface area (Å²) in [5, 5.41) is 20.5. The van der Waals surface area contributed by atoms with Gasteiger partial charge in [-0.15, -0.1) is 0 Å². The van der Waals surface area contributed by atoms with Gasteiger partial charge in [0.1, 0.15) is 11.6 Å². The predicted molar refractivity (Wildman–Crippen MR) is 104 cm³/mol. The van der Waals surface area contributed by atoms with Crippen LogP contribution in [0.25, 0.3) is 11.6 Å². The van der Waals surface area contributed by atoms with E-state index in [9.17, 15) is 32.9 Å². The van der Waals surface area contributed by atoms with Gasteiger partial charge in [-0.2, -0.15) is 18.4 Å². The van der Waals surface area contributed by atoms with Gasteiger partial charge in [0.25, 0.3) is 0 Å². The molecule has 156 valence electrons. The lowest BCUT2D eigenvalue weighted by Gasteiger charge is -2.10. The van der Waals surface area contributed by atoms with Gasteiger partial charge >= 0.3 is 11.9 Å². The SMILES string of the molecule is N#C/C(=C/c1ccc(Oc2ccc(C(F)(F)F)cc2[N+](=O)[O-])cc1)c1cccc(F)c1. The summed E-state index contributed by atoms with van der Waals surface area (Å²) < 4.78 is 57.2. The molecule has 5 nitrogen and oxygen atoms in total. The van der Waals surface area contributed by atoms with Gasteiger partial charge in [-0.05, 0) is 53.6 Å². The summed E-state index contributed by atoms with van der Waals surface area (Å²) in [5.41, 5.74) is -0.810. The fourth-order valence-electron chi connectivity index (χ4n) is 2.68. The number of nitro groups is 1.